The van der Waals surface area contributed by atoms with Crippen LogP contribution in [-0.2, 0) is 13.5 Å². The number of benzene rings is 2. The Morgan fingerprint density at radius 2 is 1.85 bits per heavy atom. The number of pyridine rings is 1. The van der Waals surface area contributed by atoms with E-state index in [1.165, 1.54) is 5.56 Å². The molecular formula is C26H23F3N4. The Bertz CT molecular complexity index is 1370. The van der Waals surface area contributed by atoms with Gasteiger partial charge in [-0.3, -0.25) is 14.6 Å². The van der Waals surface area contributed by atoms with E-state index in [4.69, 9.17) is 5.10 Å². The van der Waals surface area contributed by atoms with Crippen molar-refractivity contribution in [3.63, 3.8) is 0 Å². The molecular weight excluding hydrogens is 425 g/mol. The number of aryl methyl sites for hydroxylation is 1. The van der Waals surface area contributed by atoms with Crippen LogP contribution in [0.2, 0.25) is 0 Å². The van der Waals surface area contributed by atoms with Gasteiger partial charge in [0.05, 0.1) is 22.9 Å². The van der Waals surface area contributed by atoms with Gasteiger partial charge in [-0.1, -0.05) is 25.1 Å². The molecule has 0 amide bonds. The molecule has 0 spiro atoms. The van der Waals surface area contributed by atoms with Gasteiger partial charge in [0.15, 0.2) is 17.5 Å². The molecule has 0 aliphatic carbocycles. The lowest BCUT2D eigenvalue weighted by molar-refractivity contribution is -0.0414. The molecule has 4 nitrogen and oxygen atoms in total. The minimum Gasteiger partial charge on any atom is -0.284 e. The SMILES string of the molecule is CCC1c2nn(C)c(-c3cc(F)c(F)c(F)c3)c2C[C@@H]2CC(c3ccc4cccnc4c3)N12. The van der Waals surface area contributed by atoms with Crippen LogP contribution in [-0.4, -0.2) is 25.7 Å². The van der Waals surface area contributed by atoms with Gasteiger partial charge < -0.3 is 0 Å². The van der Waals surface area contributed by atoms with E-state index in [-0.39, 0.29) is 12.1 Å². The molecule has 7 heteroatoms. The first-order valence-electron chi connectivity index (χ1n) is 11.3. The molecule has 2 aromatic heterocycles. The van der Waals surface area contributed by atoms with E-state index in [2.05, 4.69) is 41.1 Å². The van der Waals surface area contributed by atoms with Gasteiger partial charge in [-0.05, 0) is 49.1 Å². The van der Waals surface area contributed by atoms with Gasteiger partial charge in [-0.25, -0.2) is 13.2 Å². The van der Waals surface area contributed by atoms with Crippen molar-refractivity contribution in [1.29, 1.82) is 0 Å². The molecule has 0 bridgehead atoms. The molecule has 2 aliphatic rings. The van der Waals surface area contributed by atoms with Crippen molar-refractivity contribution in [2.75, 3.05) is 0 Å². The van der Waals surface area contributed by atoms with E-state index < -0.39 is 17.5 Å². The van der Waals surface area contributed by atoms with Crippen molar-refractivity contribution in [2.45, 2.75) is 44.3 Å². The summed E-state index contributed by atoms with van der Waals surface area (Å²) in [5, 5.41) is 5.91. The molecule has 0 radical (unpaired) electrons. The zero-order chi connectivity index (χ0) is 22.9. The lowest BCUT2D eigenvalue weighted by Crippen LogP contribution is -2.55. The lowest BCUT2D eigenvalue weighted by Gasteiger charge is -2.55. The quantitative estimate of drug-likeness (QED) is 0.367. The van der Waals surface area contributed by atoms with E-state index in [1.54, 1.807) is 11.7 Å². The number of fused-ring (bicyclic) bond motifs is 3. The van der Waals surface area contributed by atoms with Crippen LogP contribution in [0.1, 0.15) is 48.7 Å². The normalized spacial score (nSPS) is 22.2. The Morgan fingerprint density at radius 1 is 1.06 bits per heavy atom. The average Bonchev–Trinajstić information content (AvgIpc) is 3.13. The highest BCUT2D eigenvalue weighted by atomic mass is 19.2. The zero-order valence-corrected chi connectivity index (χ0v) is 18.4. The van der Waals surface area contributed by atoms with Crippen molar-refractivity contribution in [3.05, 3.63) is 82.9 Å². The molecule has 2 unspecified atom stereocenters. The summed E-state index contributed by atoms with van der Waals surface area (Å²) >= 11 is 0. The van der Waals surface area contributed by atoms with Gasteiger partial charge in [-0.2, -0.15) is 5.10 Å². The fourth-order valence-electron chi connectivity index (χ4n) is 5.77. The third-order valence-electron chi connectivity index (χ3n) is 7.23. The number of hydrogen-bond acceptors (Lipinski definition) is 3. The number of aromatic nitrogens is 3. The first-order valence-corrected chi connectivity index (χ1v) is 11.3. The molecule has 1 fully saturated rings. The van der Waals surface area contributed by atoms with Gasteiger partial charge >= 0.3 is 0 Å². The van der Waals surface area contributed by atoms with Crippen LogP contribution in [0, 0.1) is 17.5 Å². The third kappa shape index (κ3) is 3.02. The topological polar surface area (TPSA) is 34.0 Å². The highest BCUT2D eigenvalue weighted by Crippen LogP contribution is 2.52. The van der Waals surface area contributed by atoms with E-state index in [0.29, 0.717) is 17.3 Å². The Hall–Kier alpha value is -3.19. The molecule has 6 rings (SSSR count). The second-order valence-electron chi connectivity index (χ2n) is 9.03. The average molecular weight is 448 g/mol. The molecule has 0 N–H and O–H groups in total. The summed E-state index contributed by atoms with van der Waals surface area (Å²) in [5.41, 5.74) is 5.18. The molecule has 2 aliphatic heterocycles. The van der Waals surface area contributed by atoms with E-state index in [1.807, 2.05) is 12.3 Å². The van der Waals surface area contributed by atoms with Crippen LogP contribution in [0.25, 0.3) is 22.2 Å². The Balaban J connectivity index is 1.40. The van der Waals surface area contributed by atoms with Crippen molar-refractivity contribution < 1.29 is 13.2 Å². The molecule has 33 heavy (non-hydrogen) atoms. The Labute approximate surface area is 189 Å². The summed E-state index contributed by atoms with van der Waals surface area (Å²) in [5.74, 6) is -3.81. The number of hydrogen-bond donors (Lipinski definition) is 0. The summed E-state index contributed by atoms with van der Waals surface area (Å²) in [4.78, 5) is 7.03. The standard InChI is InChI=1S/C26H23F3N4/c1-3-22-25-18(26(32(2)31-25)16-9-19(27)24(29)20(28)10-16)12-17-13-23(33(17)22)15-7-6-14-5-4-8-30-21(14)11-15/h4-11,17,22-23H,3,12-13H2,1-2H3/t17-,22?,23?/m1/s1. The maximum Gasteiger partial charge on any atom is 0.194 e. The first-order chi connectivity index (χ1) is 16.0. The third-order valence-corrected chi connectivity index (χ3v) is 7.23. The van der Waals surface area contributed by atoms with Crippen molar-refractivity contribution in [3.8, 4) is 11.3 Å². The van der Waals surface area contributed by atoms with Crippen molar-refractivity contribution in [2.24, 2.45) is 7.05 Å². The minimum absolute atomic E-state index is 0.104. The minimum atomic E-state index is -1.45. The van der Waals surface area contributed by atoms with Crippen molar-refractivity contribution in [1.82, 2.24) is 19.7 Å². The van der Waals surface area contributed by atoms with E-state index in [0.717, 1.165) is 53.6 Å². The summed E-state index contributed by atoms with van der Waals surface area (Å²) in [6, 6.07) is 13.3. The first kappa shape index (κ1) is 20.4. The highest BCUT2D eigenvalue weighted by Gasteiger charge is 2.48. The number of rotatable bonds is 3. The van der Waals surface area contributed by atoms with E-state index >= 15 is 0 Å². The maximum atomic E-state index is 14.0. The molecule has 1 saturated heterocycles. The van der Waals surface area contributed by atoms with Gasteiger partial charge in [0.1, 0.15) is 0 Å². The largest absolute Gasteiger partial charge is 0.284 e. The van der Waals surface area contributed by atoms with Crippen LogP contribution >= 0.6 is 0 Å². The summed E-state index contributed by atoms with van der Waals surface area (Å²) in [6.45, 7) is 2.14. The van der Waals surface area contributed by atoms with Crippen LogP contribution < -0.4 is 0 Å². The second-order valence-corrected chi connectivity index (χ2v) is 9.03. The van der Waals surface area contributed by atoms with E-state index in [9.17, 15) is 13.2 Å². The molecule has 0 saturated carbocycles. The predicted molar refractivity (Wildman–Crippen MR) is 120 cm³/mol. The number of nitrogens with zero attached hydrogens (tertiary/aromatic N) is 4. The lowest BCUT2D eigenvalue weighted by atomic mass is 9.76. The Morgan fingerprint density at radius 3 is 2.61 bits per heavy atom. The molecule has 3 atom stereocenters. The van der Waals surface area contributed by atoms with Gasteiger partial charge in [0.2, 0.25) is 0 Å². The molecule has 4 aromatic rings. The summed E-state index contributed by atoms with van der Waals surface area (Å²) in [6.07, 6.45) is 4.43. The second kappa shape index (κ2) is 7.42. The zero-order valence-electron chi connectivity index (χ0n) is 18.4. The fourth-order valence-corrected chi connectivity index (χ4v) is 5.77. The maximum absolute atomic E-state index is 14.0. The van der Waals surface area contributed by atoms with Crippen LogP contribution in [0.3, 0.4) is 0 Å². The smallest absolute Gasteiger partial charge is 0.194 e. The van der Waals surface area contributed by atoms with Gasteiger partial charge in [0, 0.05) is 41.8 Å². The predicted octanol–water partition coefficient (Wildman–Crippen LogP) is 5.88. The highest BCUT2D eigenvalue weighted by molar-refractivity contribution is 5.79. The molecule has 4 heterocycles. The van der Waals surface area contributed by atoms with Crippen molar-refractivity contribution >= 4 is 10.9 Å². The van der Waals surface area contributed by atoms with Crippen LogP contribution in [0.15, 0.2) is 48.7 Å². The van der Waals surface area contributed by atoms with Gasteiger partial charge in [-0.15, -0.1) is 0 Å². The van der Waals surface area contributed by atoms with Crippen LogP contribution in [0.4, 0.5) is 13.2 Å². The Kier molecular flexibility index (Phi) is 4.59. The summed E-state index contributed by atoms with van der Waals surface area (Å²) < 4.78 is 43.2. The number of halogens is 3. The fraction of sp³-hybridized carbons (Fsp3) is 0.308. The van der Waals surface area contributed by atoms with Crippen LogP contribution in [0.5, 0.6) is 0 Å². The monoisotopic (exact) mass is 448 g/mol. The molecule has 2 aromatic carbocycles. The van der Waals surface area contributed by atoms with Gasteiger partial charge in [0.25, 0.3) is 0 Å². The molecule has 168 valence electrons. The summed E-state index contributed by atoms with van der Waals surface area (Å²) in [7, 11) is 1.78.